The Kier molecular flexibility index (Phi) is 6.26. The zero-order valence-corrected chi connectivity index (χ0v) is 13.0. The van der Waals surface area contributed by atoms with Crippen LogP contribution in [0.15, 0.2) is 18.2 Å². The van der Waals surface area contributed by atoms with Crippen LogP contribution >= 0.6 is 35.0 Å². The third kappa shape index (κ3) is 5.91. The first kappa shape index (κ1) is 16.4. The van der Waals surface area contributed by atoms with Gasteiger partial charge in [0.1, 0.15) is 0 Å². The number of amides is 2. The summed E-state index contributed by atoms with van der Waals surface area (Å²) in [5.74, 6) is 0.542. The van der Waals surface area contributed by atoms with E-state index in [0.717, 1.165) is 0 Å². The van der Waals surface area contributed by atoms with Gasteiger partial charge >= 0.3 is 6.03 Å². The van der Waals surface area contributed by atoms with Crippen LogP contribution in [0.25, 0.3) is 0 Å². The average Bonchev–Trinajstić information content (AvgIpc) is 2.32. The quantitative estimate of drug-likeness (QED) is 0.780. The van der Waals surface area contributed by atoms with E-state index in [9.17, 15) is 9.90 Å². The number of carbonyl (C=O) groups excluding carboxylic acids is 1. The summed E-state index contributed by atoms with van der Waals surface area (Å²) >= 11 is 13.1. The highest BCUT2D eigenvalue weighted by Crippen LogP contribution is 2.24. The van der Waals surface area contributed by atoms with Crippen molar-refractivity contribution in [3.63, 3.8) is 0 Å². The molecule has 0 aliphatic carbocycles. The molecule has 0 fully saturated rings. The SMILES string of the molecule is CSCC(C)(O)CNC(=O)Nc1ccc(Cl)c(Cl)c1. The number of hydrogen-bond donors (Lipinski definition) is 3. The molecule has 3 N–H and O–H groups in total. The van der Waals surface area contributed by atoms with E-state index in [0.29, 0.717) is 21.5 Å². The molecule has 0 aromatic heterocycles. The maximum absolute atomic E-state index is 11.6. The van der Waals surface area contributed by atoms with Crippen molar-refractivity contribution in [1.29, 1.82) is 0 Å². The minimum Gasteiger partial charge on any atom is -0.387 e. The first-order chi connectivity index (χ1) is 8.84. The van der Waals surface area contributed by atoms with Gasteiger partial charge in [0.15, 0.2) is 0 Å². The molecule has 19 heavy (non-hydrogen) atoms. The zero-order chi connectivity index (χ0) is 14.5. The van der Waals surface area contributed by atoms with Crippen molar-refractivity contribution in [3.8, 4) is 0 Å². The van der Waals surface area contributed by atoms with Crippen LogP contribution < -0.4 is 10.6 Å². The lowest BCUT2D eigenvalue weighted by Gasteiger charge is -2.22. The molecule has 7 heteroatoms. The van der Waals surface area contributed by atoms with Crippen molar-refractivity contribution in [3.05, 3.63) is 28.2 Å². The molecule has 4 nitrogen and oxygen atoms in total. The van der Waals surface area contributed by atoms with E-state index >= 15 is 0 Å². The predicted molar refractivity (Wildman–Crippen MR) is 82.5 cm³/mol. The van der Waals surface area contributed by atoms with Gasteiger partial charge in [-0.3, -0.25) is 0 Å². The number of halogens is 2. The van der Waals surface area contributed by atoms with Crippen LogP contribution in [0.5, 0.6) is 0 Å². The van der Waals surface area contributed by atoms with Gasteiger partial charge in [-0.2, -0.15) is 11.8 Å². The van der Waals surface area contributed by atoms with Crippen molar-refractivity contribution < 1.29 is 9.90 Å². The largest absolute Gasteiger partial charge is 0.387 e. The van der Waals surface area contributed by atoms with Crippen LogP contribution in [-0.2, 0) is 0 Å². The summed E-state index contributed by atoms with van der Waals surface area (Å²) in [5.41, 5.74) is -0.398. The molecular weight excluding hydrogens is 307 g/mol. The van der Waals surface area contributed by atoms with Gasteiger partial charge < -0.3 is 15.7 Å². The van der Waals surface area contributed by atoms with Crippen molar-refractivity contribution in [2.75, 3.05) is 23.9 Å². The van der Waals surface area contributed by atoms with Gasteiger partial charge in [0.05, 0.1) is 15.6 Å². The number of hydrogen-bond acceptors (Lipinski definition) is 3. The van der Waals surface area contributed by atoms with E-state index in [2.05, 4.69) is 10.6 Å². The second-order valence-corrected chi connectivity index (χ2v) is 6.05. The van der Waals surface area contributed by atoms with Crippen LogP contribution in [0.3, 0.4) is 0 Å². The summed E-state index contributed by atoms with van der Waals surface area (Å²) in [6.07, 6.45) is 1.89. The van der Waals surface area contributed by atoms with E-state index < -0.39 is 11.6 Å². The standard InChI is InChI=1S/C12H16Cl2N2O2S/c1-12(18,7-19-2)6-15-11(17)16-8-3-4-9(13)10(14)5-8/h3-5,18H,6-7H2,1-2H3,(H2,15,16,17). The first-order valence-corrected chi connectivity index (χ1v) is 7.70. The number of urea groups is 1. The topological polar surface area (TPSA) is 61.4 Å². The van der Waals surface area contributed by atoms with Crippen molar-refractivity contribution in [1.82, 2.24) is 5.32 Å². The first-order valence-electron chi connectivity index (χ1n) is 5.55. The second-order valence-electron chi connectivity index (χ2n) is 4.37. The fourth-order valence-electron chi connectivity index (χ4n) is 1.38. The molecule has 1 unspecified atom stereocenters. The van der Waals surface area contributed by atoms with Gasteiger partial charge in [0.25, 0.3) is 0 Å². The van der Waals surface area contributed by atoms with Crippen LogP contribution in [0, 0.1) is 0 Å². The van der Waals surface area contributed by atoms with Gasteiger partial charge in [0, 0.05) is 18.0 Å². The molecule has 1 atom stereocenters. The predicted octanol–water partition coefficient (Wildman–Crippen LogP) is 3.23. The monoisotopic (exact) mass is 322 g/mol. The van der Waals surface area contributed by atoms with Crippen LogP contribution in [0.4, 0.5) is 10.5 Å². The molecular formula is C12H16Cl2N2O2S. The zero-order valence-electron chi connectivity index (χ0n) is 10.7. The average molecular weight is 323 g/mol. The number of aliphatic hydroxyl groups is 1. The van der Waals surface area contributed by atoms with E-state index in [4.69, 9.17) is 23.2 Å². The molecule has 0 aliphatic heterocycles. The van der Waals surface area contributed by atoms with Gasteiger partial charge in [-0.15, -0.1) is 0 Å². The third-order valence-electron chi connectivity index (χ3n) is 2.26. The fraction of sp³-hybridized carbons (Fsp3) is 0.417. The second kappa shape index (κ2) is 7.24. The summed E-state index contributed by atoms with van der Waals surface area (Å²) in [7, 11) is 0. The third-order valence-corrected chi connectivity index (χ3v) is 3.91. The molecule has 106 valence electrons. The Morgan fingerprint density at radius 2 is 2.11 bits per heavy atom. The Hall–Kier alpha value is -0.620. The molecule has 0 aliphatic rings. The minimum atomic E-state index is -0.936. The highest BCUT2D eigenvalue weighted by atomic mass is 35.5. The lowest BCUT2D eigenvalue weighted by atomic mass is 10.1. The number of carbonyl (C=O) groups is 1. The van der Waals surface area contributed by atoms with Gasteiger partial charge in [-0.25, -0.2) is 4.79 Å². The van der Waals surface area contributed by atoms with Crippen molar-refractivity contribution >= 4 is 46.7 Å². The van der Waals surface area contributed by atoms with Crippen LogP contribution in [0.2, 0.25) is 10.0 Å². The van der Waals surface area contributed by atoms with Crippen LogP contribution in [-0.4, -0.2) is 35.3 Å². The number of thioether (sulfide) groups is 1. The fourth-order valence-corrected chi connectivity index (χ4v) is 2.40. The minimum absolute atomic E-state index is 0.168. The highest BCUT2D eigenvalue weighted by molar-refractivity contribution is 7.98. The molecule has 1 aromatic rings. The normalized spacial score (nSPS) is 13.7. The molecule has 0 saturated carbocycles. The molecule has 0 heterocycles. The number of anilines is 1. The maximum Gasteiger partial charge on any atom is 0.319 e. The molecule has 0 bridgehead atoms. The van der Waals surface area contributed by atoms with E-state index in [1.165, 1.54) is 11.8 Å². The Balaban J connectivity index is 2.49. The number of rotatable bonds is 5. The van der Waals surface area contributed by atoms with Crippen LogP contribution in [0.1, 0.15) is 6.92 Å². The maximum atomic E-state index is 11.6. The highest BCUT2D eigenvalue weighted by Gasteiger charge is 2.20. The van der Waals surface area contributed by atoms with Gasteiger partial charge in [0.2, 0.25) is 0 Å². The molecule has 0 radical (unpaired) electrons. The van der Waals surface area contributed by atoms with E-state index in [1.54, 1.807) is 25.1 Å². The number of benzene rings is 1. The summed E-state index contributed by atoms with van der Waals surface area (Å²) in [5, 5.41) is 15.9. The summed E-state index contributed by atoms with van der Waals surface area (Å²) in [6, 6.07) is 4.40. The summed E-state index contributed by atoms with van der Waals surface area (Å²) in [6.45, 7) is 1.84. The van der Waals surface area contributed by atoms with Crippen molar-refractivity contribution in [2.45, 2.75) is 12.5 Å². The Bertz CT molecular complexity index is 455. The lowest BCUT2D eigenvalue weighted by molar-refractivity contribution is 0.0876. The smallest absolute Gasteiger partial charge is 0.319 e. The Morgan fingerprint density at radius 3 is 2.68 bits per heavy atom. The number of nitrogens with one attached hydrogen (secondary N) is 2. The van der Waals surface area contributed by atoms with E-state index in [-0.39, 0.29) is 6.54 Å². The lowest BCUT2D eigenvalue weighted by Crippen LogP contribution is -2.43. The van der Waals surface area contributed by atoms with E-state index in [1.807, 2.05) is 6.26 Å². The molecule has 1 aromatic carbocycles. The summed E-state index contributed by atoms with van der Waals surface area (Å²) < 4.78 is 0. The molecule has 1 rings (SSSR count). The Morgan fingerprint density at radius 1 is 1.42 bits per heavy atom. The molecule has 0 saturated heterocycles. The molecule has 2 amide bonds. The Labute approximate surface area is 126 Å². The summed E-state index contributed by atoms with van der Waals surface area (Å²) in [4.78, 5) is 11.6. The van der Waals surface area contributed by atoms with Gasteiger partial charge in [-0.05, 0) is 31.4 Å². The van der Waals surface area contributed by atoms with Crippen molar-refractivity contribution in [2.24, 2.45) is 0 Å². The van der Waals surface area contributed by atoms with Gasteiger partial charge in [-0.1, -0.05) is 23.2 Å². The molecule has 0 spiro atoms.